The average Bonchev–Trinajstić information content (AvgIpc) is 2.68. The van der Waals surface area contributed by atoms with Crippen LogP contribution in [0.3, 0.4) is 0 Å². The number of carbonyl (C=O) groups is 2. The highest BCUT2D eigenvalue weighted by Gasteiger charge is 2.08. The Morgan fingerprint density at radius 2 is 1.65 bits per heavy atom. The van der Waals surface area contributed by atoms with Crippen molar-refractivity contribution in [2.45, 2.75) is 6.42 Å². The number of benzene rings is 2. The Kier molecular flexibility index (Phi) is 6.95. The quantitative estimate of drug-likeness (QED) is 0.314. The van der Waals surface area contributed by atoms with Crippen LogP contribution < -0.4 is 9.47 Å². The third-order valence-corrected chi connectivity index (χ3v) is 3.25. The molecule has 0 aliphatic heterocycles. The lowest BCUT2D eigenvalue weighted by Gasteiger charge is -2.08. The van der Waals surface area contributed by atoms with Crippen LogP contribution in [0.5, 0.6) is 11.5 Å². The van der Waals surface area contributed by atoms with E-state index in [9.17, 15) is 9.59 Å². The predicted molar refractivity (Wildman–Crippen MR) is 93.8 cm³/mol. The maximum Gasteiger partial charge on any atom is 0.343 e. The van der Waals surface area contributed by atoms with Gasteiger partial charge in [0.05, 0.1) is 30.4 Å². The van der Waals surface area contributed by atoms with Gasteiger partial charge in [-0.2, -0.15) is 5.26 Å². The van der Waals surface area contributed by atoms with Crippen molar-refractivity contribution in [3.63, 3.8) is 0 Å². The van der Waals surface area contributed by atoms with E-state index in [2.05, 4.69) is 6.58 Å². The Bertz CT molecular complexity index is 804. The summed E-state index contributed by atoms with van der Waals surface area (Å²) in [5, 5.41) is 8.75. The highest BCUT2D eigenvalue weighted by Crippen LogP contribution is 2.19. The fourth-order valence-corrected chi connectivity index (χ4v) is 1.93. The van der Waals surface area contributed by atoms with Crippen LogP contribution in [-0.2, 0) is 9.53 Å². The summed E-state index contributed by atoms with van der Waals surface area (Å²) in [5.74, 6) is 0.0236. The van der Waals surface area contributed by atoms with Gasteiger partial charge in [0.25, 0.3) is 0 Å². The second-order valence-electron chi connectivity index (χ2n) is 5.12. The third-order valence-electron chi connectivity index (χ3n) is 3.25. The summed E-state index contributed by atoms with van der Waals surface area (Å²) in [6.45, 7) is 3.95. The summed E-state index contributed by atoms with van der Waals surface area (Å²) in [4.78, 5) is 22.9. The molecule has 0 unspecified atom stereocenters. The van der Waals surface area contributed by atoms with Gasteiger partial charge in [-0.25, -0.2) is 9.59 Å². The summed E-state index contributed by atoms with van der Waals surface area (Å²) in [7, 11) is 0. The molecule has 0 atom stereocenters. The molecule has 132 valence electrons. The second kappa shape index (κ2) is 9.64. The molecule has 2 rings (SSSR count). The summed E-state index contributed by atoms with van der Waals surface area (Å²) in [5.41, 5.74) is 0.834. The summed E-state index contributed by atoms with van der Waals surface area (Å²) in [6, 6.07) is 14.8. The van der Waals surface area contributed by atoms with Gasteiger partial charge >= 0.3 is 11.9 Å². The van der Waals surface area contributed by atoms with E-state index in [1.165, 1.54) is 12.1 Å². The monoisotopic (exact) mass is 351 g/mol. The van der Waals surface area contributed by atoms with E-state index in [1.54, 1.807) is 36.4 Å². The van der Waals surface area contributed by atoms with Gasteiger partial charge in [-0.1, -0.05) is 6.58 Å². The molecule has 0 aromatic heterocycles. The zero-order chi connectivity index (χ0) is 18.8. The summed E-state index contributed by atoms with van der Waals surface area (Å²) in [6.07, 6.45) is 1.66. The molecule has 0 saturated carbocycles. The molecule has 0 N–H and O–H groups in total. The first kappa shape index (κ1) is 18.7. The van der Waals surface area contributed by atoms with E-state index >= 15 is 0 Å². The first-order valence-corrected chi connectivity index (χ1v) is 7.87. The largest absolute Gasteiger partial charge is 0.493 e. The lowest BCUT2D eigenvalue weighted by Crippen LogP contribution is -2.08. The molecule has 0 heterocycles. The zero-order valence-corrected chi connectivity index (χ0v) is 14.0. The first-order chi connectivity index (χ1) is 12.6. The highest BCUT2D eigenvalue weighted by molar-refractivity contribution is 5.91. The van der Waals surface area contributed by atoms with Gasteiger partial charge in [0.15, 0.2) is 0 Å². The van der Waals surface area contributed by atoms with Crippen LogP contribution >= 0.6 is 0 Å². The molecule has 0 aliphatic rings. The maximum atomic E-state index is 12.0. The van der Waals surface area contributed by atoms with Crippen molar-refractivity contribution in [3.05, 3.63) is 72.3 Å². The number of ether oxygens (including phenoxy) is 3. The highest BCUT2D eigenvalue weighted by atomic mass is 16.5. The topological polar surface area (TPSA) is 85.6 Å². The predicted octanol–water partition coefficient (Wildman–Crippen LogP) is 3.28. The van der Waals surface area contributed by atoms with Crippen molar-refractivity contribution in [2.24, 2.45) is 0 Å². The molecule has 0 aliphatic carbocycles. The molecule has 6 nitrogen and oxygen atoms in total. The van der Waals surface area contributed by atoms with Gasteiger partial charge in [0.2, 0.25) is 0 Å². The van der Waals surface area contributed by atoms with Crippen LogP contribution in [-0.4, -0.2) is 25.2 Å². The Morgan fingerprint density at radius 3 is 2.27 bits per heavy atom. The first-order valence-electron chi connectivity index (χ1n) is 7.87. The number of carbonyl (C=O) groups excluding carboxylic acids is 2. The van der Waals surface area contributed by atoms with Gasteiger partial charge in [-0.05, 0) is 48.5 Å². The fraction of sp³-hybridized carbons (Fsp3) is 0.150. The van der Waals surface area contributed by atoms with Crippen LogP contribution in [0.15, 0.2) is 61.2 Å². The van der Waals surface area contributed by atoms with E-state index in [0.29, 0.717) is 35.7 Å². The van der Waals surface area contributed by atoms with Gasteiger partial charge < -0.3 is 14.2 Å². The number of nitriles is 1. The fourth-order valence-electron chi connectivity index (χ4n) is 1.93. The van der Waals surface area contributed by atoms with Crippen molar-refractivity contribution >= 4 is 11.9 Å². The molecule has 2 aromatic carbocycles. The Hall–Kier alpha value is -3.59. The van der Waals surface area contributed by atoms with Crippen LogP contribution in [0.2, 0.25) is 0 Å². The van der Waals surface area contributed by atoms with Crippen molar-refractivity contribution < 1.29 is 23.8 Å². The van der Waals surface area contributed by atoms with Crippen LogP contribution in [0.25, 0.3) is 0 Å². The van der Waals surface area contributed by atoms with Gasteiger partial charge in [-0.15, -0.1) is 0 Å². The van der Waals surface area contributed by atoms with Gasteiger partial charge in [-0.3, -0.25) is 0 Å². The SMILES string of the molecule is C=CC(=O)OCCCOc1ccc(OC(=O)c2ccc(C#N)cc2)cc1. The molecule has 0 bridgehead atoms. The summed E-state index contributed by atoms with van der Waals surface area (Å²) < 4.78 is 15.6. The molecule has 0 spiro atoms. The molecule has 26 heavy (non-hydrogen) atoms. The number of nitrogens with zero attached hydrogens (tertiary/aromatic N) is 1. The molecule has 6 heteroatoms. The Labute approximate surface area is 151 Å². The lowest BCUT2D eigenvalue weighted by molar-refractivity contribution is -0.137. The van der Waals surface area contributed by atoms with E-state index < -0.39 is 11.9 Å². The van der Waals surface area contributed by atoms with Gasteiger partial charge in [0, 0.05) is 12.5 Å². The molecular formula is C20H17NO5. The van der Waals surface area contributed by atoms with E-state index in [-0.39, 0.29) is 6.61 Å². The molecule has 0 saturated heterocycles. The standard InChI is InChI=1S/C20H17NO5/c1-2-19(22)25-13-3-12-24-17-8-10-18(11-9-17)26-20(23)16-6-4-15(14-21)5-7-16/h2,4-11H,1,3,12-13H2. The minimum atomic E-state index is -0.507. The minimum absolute atomic E-state index is 0.255. The normalized spacial score (nSPS) is 9.65. The third kappa shape index (κ3) is 5.80. The smallest absolute Gasteiger partial charge is 0.343 e. The minimum Gasteiger partial charge on any atom is -0.493 e. The number of hydrogen-bond donors (Lipinski definition) is 0. The molecule has 2 aromatic rings. The van der Waals surface area contributed by atoms with Crippen molar-refractivity contribution in [1.82, 2.24) is 0 Å². The Morgan fingerprint density at radius 1 is 1.00 bits per heavy atom. The number of hydrogen-bond acceptors (Lipinski definition) is 6. The lowest BCUT2D eigenvalue weighted by atomic mass is 10.1. The zero-order valence-electron chi connectivity index (χ0n) is 14.0. The average molecular weight is 351 g/mol. The number of esters is 2. The molecule has 0 fully saturated rings. The van der Waals surface area contributed by atoms with Crippen LogP contribution in [0.4, 0.5) is 0 Å². The summed E-state index contributed by atoms with van der Waals surface area (Å²) >= 11 is 0. The molecular weight excluding hydrogens is 334 g/mol. The van der Waals surface area contributed by atoms with Gasteiger partial charge in [0.1, 0.15) is 11.5 Å². The molecule has 0 amide bonds. The van der Waals surface area contributed by atoms with Crippen LogP contribution in [0, 0.1) is 11.3 Å². The van der Waals surface area contributed by atoms with E-state index in [4.69, 9.17) is 19.5 Å². The van der Waals surface area contributed by atoms with E-state index in [1.807, 2.05) is 6.07 Å². The second-order valence-corrected chi connectivity index (χ2v) is 5.12. The van der Waals surface area contributed by atoms with Crippen molar-refractivity contribution in [2.75, 3.05) is 13.2 Å². The Balaban J connectivity index is 1.79. The van der Waals surface area contributed by atoms with Crippen molar-refractivity contribution in [3.8, 4) is 17.6 Å². The van der Waals surface area contributed by atoms with Crippen molar-refractivity contribution in [1.29, 1.82) is 5.26 Å². The van der Waals surface area contributed by atoms with Crippen LogP contribution in [0.1, 0.15) is 22.3 Å². The number of rotatable bonds is 8. The maximum absolute atomic E-state index is 12.0. The molecule has 0 radical (unpaired) electrons. The van der Waals surface area contributed by atoms with E-state index in [0.717, 1.165) is 6.08 Å².